The molecule has 28 heavy (non-hydrogen) atoms. The van der Waals surface area contributed by atoms with Crippen molar-refractivity contribution in [2.24, 2.45) is 0 Å². The Morgan fingerprint density at radius 2 is 1.79 bits per heavy atom. The first kappa shape index (κ1) is 20.1. The van der Waals surface area contributed by atoms with Crippen LogP contribution in [-0.4, -0.2) is 23.4 Å². The summed E-state index contributed by atoms with van der Waals surface area (Å²) in [6.07, 6.45) is 6.16. The van der Waals surface area contributed by atoms with E-state index in [-0.39, 0.29) is 15.7 Å². The predicted molar refractivity (Wildman–Crippen MR) is 107 cm³/mol. The first-order chi connectivity index (χ1) is 13.4. The van der Waals surface area contributed by atoms with E-state index in [4.69, 9.17) is 11.6 Å². The fraction of sp³-hybridized carbons (Fsp3) is 0.150. The maximum atomic E-state index is 12.8. The fourth-order valence-electron chi connectivity index (χ4n) is 2.64. The second kappa shape index (κ2) is 8.58. The first-order valence-corrected chi connectivity index (χ1v) is 10.5. The van der Waals surface area contributed by atoms with Crippen molar-refractivity contribution in [3.8, 4) is 0 Å². The van der Waals surface area contributed by atoms with Crippen LogP contribution in [-0.2, 0) is 22.0 Å². The predicted octanol–water partition coefficient (Wildman–Crippen LogP) is 4.37. The highest BCUT2D eigenvalue weighted by Crippen LogP contribution is 2.24. The molecular weight excluding hydrogens is 401 g/mol. The van der Waals surface area contributed by atoms with E-state index in [0.29, 0.717) is 17.7 Å². The average Bonchev–Trinajstić information content (AvgIpc) is 2.68. The number of benzene rings is 1. The van der Waals surface area contributed by atoms with Gasteiger partial charge in [-0.3, -0.25) is 4.98 Å². The van der Waals surface area contributed by atoms with E-state index in [2.05, 4.69) is 15.0 Å². The van der Waals surface area contributed by atoms with Crippen LogP contribution < -0.4 is 0 Å². The summed E-state index contributed by atoms with van der Waals surface area (Å²) in [5, 5.41) is 0.194. The summed E-state index contributed by atoms with van der Waals surface area (Å²) in [6, 6.07) is 9.84. The molecule has 0 radical (unpaired) electrons. The van der Waals surface area contributed by atoms with Gasteiger partial charge in [-0.15, -0.1) is 0 Å². The molecular formula is C20H17ClFN3O2S. The molecule has 3 aromatic rings. The summed E-state index contributed by atoms with van der Waals surface area (Å²) in [6.45, 7) is 1.94. The Morgan fingerprint density at radius 1 is 1.07 bits per heavy atom. The van der Waals surface area contributed by atoms with E-state index in [1.165, 1.54) is 18.5 Å². The standard InChI is InChI=1S/C20H17ClFN3O2S/c1-2-18-15(8-7-14-11-23-20(22)24-12-14)9-10-16(25-18)13-28(26,27)19-6-4-3-5-17(19)21/h3-12H,2,13H2,1H3/b8-7+. The summed E-state index contributed by atoms with van der Waals surface area (Å²) in [5.74, 6) is -0.237. The quantitative estimate of drug-likeness (QED) is 0.557. The first-order valence-electron chi connectivity index (χ1n) is 8.51. The molecule has 0 aliphatic carbocycles. The second-order valence-electron chi connectivity index (χ2n) is 6.00. The van der Waals surface area contributed by atoms with Crippen LogP contribution in [0.3, 0.4) is 0 Å². The third kappa shape index (κ3) is 4.79. The van der Waals surface area contributed by atoms with Gasteiger partial charge in [0.1, 0.15) is 0 Å². The van der Waals surface area contributed by atoms with E-state index >= 15 is 0 Å². The molecule has 0 amide bonds. The lowest BCUT2D eigenvalue weighted by atomic mass is 10.1. The van der Waals surface area contributed by atoms with Crippen LogP contribution in [0.2, 0.25) is 5.02 Å². The van der Waals surface area contributed by atoms with Crippen molar-refractivity contribution in [1.82, 2.24) is 15.0 Å². The molecule has 0 bridgehead atoms. The van der Waals surface area contributed by atoms with Crippen molar-refractivity contribution >= 4 is 33.6 Å². The Kier molecular flexibility index (Phi) is 6.16. The molecule has 2 aromatic heterocycles. The van der Waals surface area contributed by atoms with Crippen LogP contribution in [0.4, 0.5) is 4.39 Å². The Balaban J connectivity index is 1.85. The van der Waals surface area contributed by atoms with Gasteiger partial charge in [0.15, 0.2) is 9.84 Å². The van der Waals surface area contributed by atoms with Crippen molar-refractivity contribution in [3.63, 3.8) is 0 Å². The maximum Gasteiger partial charge on any atom is 0.308 e. The third-order valence-electron chi connectivity index (χ3n) is 4.01. The average molecular weight is 418 g/mol. The van der Waals surface area contributed by atoms with Crippen molar-refractivity contribution < 1.29 is 12.8 Å². The molecule has 0 saturated heterocycles. The summed E-state index contributed by atoms with van der Waals surface area (Å²) >= 11 is 6.03. The van der Waals surface area contributed by atoms with Gasteiger partial charge in [-0.25, -0.2) is 18.4 Å². The molecule has 0 atom stereocenters. The second-order valence-corrected chi connectivity index (χ2v) is 8.37. The smallest absolute Gasteiger partial charge is 0.256 e. The van der Waals surface area contributed by atoms with E-state index in [1.54, 1.807) is 30.3 Å². The minimum atomic E-state index is -3.61. The minimum Gasteiger partial charge on any atom is -0.256 e. The molecule has 144 valence electrons. The zero-order chi connectivity index (χ0) is 20.1. The van der Waals surface area contributed by atoms with Crippen molar-refractivity contribution in [3.05, 3.63) is 82.4 Å². The van der Waals surface area contributed by atoms with Crippen LogP contribution in [0.25, 0.3) is 12.2 Å². The Bertz CT molecular complexity index is 1120. The normalized spacial score (nSPS) is 11.8. The fourth-order valence-corrected chi connectivity index (χ4v) is 4.48. The maximum absolute atomic E-state index is 12.8. The summed E-state index contributed by atoms with van der Waals surface area (Å²) < 4.78 is 38.1. The highest BCUT2D eigenvalue weighted by molar-refractivity contribution is 7.90. The summed E-state index contributed by atoms with van der Waals surface area (Å²) in [4.78, 5) is 11.6. The third-order valence-corrected chi connectivity index (χ3v) is 6.15. The number of hydrogen-bond donors (Lipinski definition) is 0. The van der Waals surface area contributed by atoms with Gasteiger partial charge in [0.25, 0.3) is 0 Å². The molecule has 3 rings (SSSR count). The van der Waals surface area contributed by atoms with Crippen molar-refractivity contribution in [1.29, 1.82) is 0 Å². The molecule has 8 heteroatoms. The molecule has 0 saturated carbocycles. The van der Waals surface area contributed by atoms with Crippen LogP contribution in [0.1, 0.15) is 29.4 Å². The number of halogens is 2. The van der Waals surface area contributed by atoms with Gasteiger partial charge in [-0.05, 0) is 30.2 Å². The molecule has 0 fully saturated rings. The number of aryl methyl sites for hydroxylation is 1. The van der Waals surface area contributed by atoms with Gasteiger partial charge < -0.3 is 0 Å². The van der Waals surface area contributed by atoms with Crippen LogP contribution in [0, 0.1) is 6.08 Å². The van der Waals surface area contributed by atoms with E-state index in [1.807, 2.05) is 19.1 Å². The summed E-state index contributed by atoms with van der Waals surface area (Å²) in [7, 11) is -3.61. The zero-order valence-electron chi connectivity index (χ0n) is 15.0. The topological polar surface area (TPSA) is 72.8 Å². The van der Waals surface area contributed by atoms with E-state index < -0.39 is 15.9 Å². The van der Waals surface area contributed by atoms with Crippen LogP contribution in [0.15, 0.2) is 53.7 Å². The summed E-state index contributed by atoms with van der Waals surface area (Å²) in [5.41, 5.74) is 2.68. The number of pyridine rings is 1. The molecule has 0 aliphatic rings. The van der Waals surface area contributed by atoms with E-state index in [0.717, 1.165) is 11.3 Å². The molecule has 2 heterocycles. The lowest BCUT2D eigenvalue weighted by molar-refractivity contribution is 0.538. The minimum absolute atomic E-state index is 0.0943. The lowest BCUT2D eigenvalue weighted by Gasteiger charge is -2.09. The van der Waals surface area contributed by atoms with E-state index in [9.17, 15) is 12.8 Å². The van der Waals surface area contributed by atoms with Crippen molar-refractivity contribution in [2.45, 2.75) is 24.0 Å². The Labute approximate surface area is 167 Å². The number of aromatic nitrogens is 3. The van der Waals surface area contributed by atoms with Gasteiger partial charge >= 0.3 is 6.08 Å². The van der Waals surface area contributed by atoms with Crippen LogP contribution >= 0.6 is 11.6 Å². The highest BCUT2D eigenvalue weighted by Gasteiger charge is 2.19. The van der Waals surface area contributed by atoms with Crippen molar-refractivity contribution in [2.75, 3.05) is 0 Å². The largest absolute Gasteiger partial charge is 0.308 e. The van der Waals surface area contributed by atoms with Gasteiger partial charge in [0.2, 0.25) is 0 Å². The molecule has 0 unspecified atom stereocenters. The number of sulfone groups is 1. The molecule has 1 aromatic carbocycles. The number of hydrogen-bond acceptors (Lipinski definition) is 5. The molecule has 0 spiro atoms. The highest BCUT2D eigenvalue weighted by atomic mass is 35.5. The molecule has 0 aliphatic heterocycles. The van der Waals surface area contributed by atoms with Gasteiger partial charge in [-0.2, -0.15) is 4.39 Å². The zero-order valence-corrected chi connectivity index (χ0v) is 16.6. The lowest BCUT2D eigenvalue weighted by Crippen LogP contribution is -2.08. The van der Waals surface area contributed by atoms with Gasteiger partial charge in [0, 0.05) is 23.7 Å². The van der Waals surface area contributed by atoms with Crippen LogP contribution in [0.5, 0.6) is 0 Å². The van der Waals surface area contributed by atoms with Gasteiger partial charge in [-0.1, -0.05) is 48.9 Å². The molecule has 0 N–H and O–H groups in total. The number of nitrogens with zero attached hydrogens (tertiary/aromatic N) is 3. The monoisotopic (exact) mass is 417 g/mol. The molecule has 5 nitrogen and oxygen atoms in total. The Hall–Kier alpha value is -2.64. The number of rotatable bonds is 6. The SMILES string of the molecule is CCc1nc(CS(=O)(=O)c2ccccc2Cl)ccc1/C=C/c1cnc(F)nc1. The Morgan fingerprint density at radius 3 is 2.46 bits per heavy atom. The van der Waals surface area contributed by atoms with Gasteiger partial charge in [0.05, 0.1) is 21.4 Å².